The minimum atomic E-state index is -4.61. The van der Waals surface area contributed by atoms with Gasteiger partial charge in [0.05, 0.1) is 12.1 Å². The van der Waals surface area contributed by atoms with Crippen LogP contribution in [0.5, 0.6) is 6.01 Å². The van der Waals surface area contributed by atoms with Gasteiger partial charge >= 0.3 is 12.2 Å². The first-order chi connectivity index (χ1) is 15.8. The topological polar surface area (TPSA) is 65.0 Å². The van der Waals surface area contributed by atoms with Crippen molar-refractivity contribution in [3.63, 3.8) is 0 Å². The molecule has 0 aliphatic rings. The molecule has 0 bridgehead atoms. The molecule has 5 nitrogen and oxygen atoms in total. The molecule has 0 amide bonds. The molecule has 34 heavy (non-hydrogen) atoms. The molecule has 0 spiro atoms. The first kappa shape index (κ1) is 25.6. The second kappa shape index (κ2) is 9.70. The maximum absolute atomic E-state index is 13.2. The molecule has 9 heteroatoms. The number of carbonyl (C=O) groups excluding carboxylic acids is 1. The average Bonchev–Trinajstić information content (AvgIpc) is 2.78. The fraction of sp³-hybridized carbons (Fsp3) is 0.360. The molecule has 180 valence electrons. The number of aromatic nitrogens is 3. The molecule has 0 radical (unpaired) electrons. The molecule has 3 aromatic rings. The predicted molar refractivity (Wildman–Crippen MR) is 125 cm³/mol. The number of hydrogen-bond donors (Lipinski definition) is 0. The van der Waals surface area contributed by atoms with Crippen molar-refractivity contribution in [2.24, 2.45) is 5.41 Å². The highest BCUT2D eigenvalue weighted by Gasteiger charge is 2.51. The molecule has 3 rings (SSSR count). The van der Waals surface area contributed by atoms with E-state index in [0.717, 1.165) is 30.5 Å². The molecule has 0 aliphatic heterocycles. The van der Waals surface area contributed by atoms with Gasteiger partial charge in [0, 0.05) is 17.5 Å². The van der Waals surface area contributed by atoms with Gasteiger partial charge in [0.1, 0.15) is 11.2 Å². The number of alkyl halides is 3. The fourth-order valence-corrected chi connectivity index (χ4v) is 3.41. The lowest BCUT2D eigenvalue weighted by atomic mass is 9.84. The standard InChI is InChI=1S/C25H25ClF3N3O2/c1-14-6-9-17(12-15(14)2)21-30-22(32-23(31-21)34-5)18-13-16(7-10-19(18)26)8-11-20(33)24(3,4)25(27,28)29/h6-7,9-10,12-13H,8,11H2,1-5H3. The second-order valence-electron chi connectivity index (χ2n) is 8.63. The minimum absolute atomic E-state index is 0.0989. The quantitative estimate of drug-likeness (QED) is 0.373. The Morgan fingerprint density at radius 1 is 0.971 bits per heavy atom. The Hall–Kier alpha value is -3.00. The number of Topliss-reactive ketones (excluding diaryl/α,β-unsaturated/α-hetero) is 1. The monoisotopic (exact) mass is 491 g/mol. The molecule has 0 atom stereocenters. The van der Waals surface area contributed by atoms with Crippen LogP contribution in [0, 0.1) is 19.3 Å². The van der Waals surface area contributed by atoms with Gasteiger partial charge in [-0.05, 0) is 69.0 Å². The Morgan fingerprint density at radius 3 is 2.26 bits per heavy atom. The van der Waals surface area contributed by atoms with Crippen molar-refractivity contribution in [2.75, 3.05) is 7.11 Å². The summed E-state index contributed by atoms with van der Waals surface area (Å²) in [7, 11) is 1.44. The number of rotatable bonds is 7. The van der Waals surface area contributed by atoms with Crippen molar-refractivity contribution in [3.8, 4) is 28.8 Å². The lowest BCUT2D eigenvalue weighted by Gasteiger charge is -2.26. The first-order valence-corrected chi connectivity index (χ1v) is 11.0. The third-order valence-corrected chi connectivity index (χ3v) is 6.21. The highest BCUT2D eigenvalue weighted by Crippen LogP contribution is 2.39. The number of halogens is 4. The Bertz CT molecular complexity index is 1230. The number of carbonyl (C=O) groups is 1. The molecule has 0 saturated carbocycles. The number of hydrogen-bond acceptors (Lipinski definition) is 5. The lowest BCUT2D eigenvalue weighted by molar-refractivity contribution is -0.210. The Morgan fingerprint density at radius 2 is 1.65 bits per heavy atom. The van der Waals surface area contributed by atoms with E-state index >= 15 is 0 Å². The normalized spacial score (nSPS) is 12.0. The van der Waals surface area contributed by atoms with Crippen molar-refractivity contribution >= 4 is 17.4 Å². The van der Waals surface area contributed by atoms with Crippen molar-refractivity contribution in [1.82, 2.24) is 15.0 Å². The van der Waals surface area contributed by atoms with Crippen LogP contribution in [0.25, 0.3) is 22.8 Å². The Labute approximate surface area is 201 Å². The molecule has 0 unspecified atom stereocenters. The number of aryl methyl sites for hydroxylation is 3. The summed E-state index contributed by atoms with van der Waals surface area (Å²) in [5.74, 6) is -0.224. The molecule has 0 N–H and O–H groups in total. The molecule has 0 saturated heterocycles. The fourth-order valence-electron chi connectivity index (χ4n) is 3.21. The van der Waals surface area contributed by atoms with Gasteiger partial charge in [-0.15, -0.1) is 0 Å². The second-order valence-corrected chi connectivity index (χ2v) is 9.04. The van der Waals surface area contributed by atoms with Gasteiger partial charge in [0.25, 0.3) is 0 Å². The minimum Gasteiger partial charge on any atom is -0.467 e. The molecule has 1 heterocycles. The smallest absolute Gasteiger partial charge is 0.400 e. The van der Waals surface area contributed by atoms with Crippen LogP contribution in [0.2, 0.25) is 5.02 Å². The van der Waals surface area contributed by atoms with E-state index in [4.69, 9.17) is 16.3 Å². The van der Waals surface area contributed by atoms with Crippen molar-refractivity contribution in [3.05, 3.63) is 58.1 Å². The van der Waals surface area contributed by atoms with Crippen LogP contribution in [-0.2, 0) is 11.2 Å². The van der Waals surface area contributed by atoms with Crippen LogP contribution >= 0.6 is 11.6 Å². The van der Waals surface area contributed by atoms with Crippen LogP contribution in [0.4, 0.5) is 13.2 Å². The first-order valence-electron chi connectivity index (χ1n) is 10.6. The zero-order chi connectivity index (χ0) is 25.3. The number of benzene rings is 2. The molecular formula is C25H25ClF3N3O2. The molecule has 0 aliphatic carbocycles. The van der Waals surface area contributed by atoms with Crippen LogP contribution in [0.1, 0.15) is 37.0 Å². The van der Waals surface area contributed by atoms with E-state index in [1.54, 1.807) is 18.2 Å². The van der Waals surface area contributed by atoms with Gasteiger partial charge in [-0.2, -0.15) is 23.1 Å². The van der Waals surface area contributed by atoms with E-state index in [1.165, 1.54) is 7.11 Å². The SMILES string of the molecule is COc1nc(-c2ccc(C)c(C)c2)nc(-c2cc(CCC(=O)C(C)(C)C(F)(F)F)ccc2Cl)n1. The van der Waals surface area contributed by atoms with Gasteiger partial charge in [-0.3, -0.25) is 4.79 Å². The molecule has 1 aromatic heterocycles. The van der Waals surface area contributed by atoms with Gasteiger partial charge < -0.3 is 4.74 Å². The van der Waals surface area contributed by atoms with Gasteiger partial charge in [0.2, 0.25) is 0 Å². The van der Waals surface area contributed by atoms with Crippen LogP contribution in [0.3, 0.4) is 0 Å². The largest absolute Gasteiger partial charge is 0.467 e. The Kier molecular flexibility index (Phi) is 7.31. The predicted octanol–water partition coefficient (Wildman–Crippen LogP) is 6.57. The zero-order valence-electron chi connectivity index (χ0n) is 19.5. The van der Waals surface area contributed by atoms with Gasteiger partial charge in [0.15, 0.2) is 11.6 Å². The summed E-state index contributed by atoms with van der Waals surface area (Å²) >= 11 is 6.41. The summed E-state index contributed by atoms with van der Waals surface area (Å²) in [5.41, 5.74) is 1.67. The molecule has 2 aromatic carbocycles. The third-order valence-electron chi connectivity index (χ3n) is 5.88. The van der Waals surface area contributed by atoms with Gasteiger partial charge in [-0.1, -0.05) is 29.8 Å². The molecule has 0 fully saturated rings. The maximum Gasteiger partial charge on any atom is 0.400 e. The summed E-state index contributed by atoms with van der Waals surface area (Å²) in [6, 6.07) is 10.9. The van der Waals surface area contributed by atoms with Crippen LogP contribution in [0.15, 0.2) is 36.4 Å². The van der Waals surface area contributed by atoms with Crippen molar-refractivity contribution in [2.45, 2.75) is 46.7 Å². The summed E-state index contributed by atoms with van der Waals surface area (Å²) < 4.78 is 44.8. The summed E-state index contributed by atoms with van der Waals surface area (Å²) in [6.07, 6.45) is -4.75. The van der Waals surface area contributed by atoms with E-state index < -0.39 is 17.4 Å². The summed E-state index contributed by atoms with van der Waals surface area (Å²) in [4.78, 5) is 25.5. The number of ketones is 1. The van der Waals surface area contributed by atoms with Crippen LogP contribution in [-0.4, -0.2) is 34.0 Å². The average molecular weight is 492 g/mol. The number of methoxy groups -OCH3 is 1. The zero-order valence-corrected chi connectivity index (χ0v) is 20.3. The highest BCUT2D eigenvalue weighted by atomic mass is 35.5. The van der Waals surface area contributed by atoms with E-state index in [0.29, 0.717) is 22.0 Å². The van der Waals surface area contributed by atoms with E-state index in [2.05, 4.69) is 15.0 Å². The van der Waals surface area contributed by atoms with Crippen molar-refractivity contribution in [1.29, 1.82) is 0 Å². The van der Waals surface area contributed by atoms with E-state index in [1.807, 2.05) is 32.0 Å². The highest BCUT2D eigenvalue weighted by molar-refractivity contribution is 6.33. The van der Waals surface area contributed by atoms with E-state index in [9.17, 15) is 18.0 Å². The van der Waals surface area contributed by atoms with Crippen molar-refractivity contribution < 1.29 is 22.7 Å². The Balaban J connectivity index is 1.95. The molecular weight excluding hydrogens is 467 g/mol. The maximum atomic E-state index is 13.2. The van der Waals surface area contributed by atoms with E-state index in [-0.39, 0.29) is 24.7 Å². The van der Waals surface area contributed by atoms with Crippen LogP contribution < -0.4 is 4.74 Å². The van der Waals surface area contributed by atoms with Gasteiger partial charge in [-0.25, -0.2) is 4.98 Å². The summed E-state index contributed by atoms with van der Waals surface area (Å²) in [6.45, 7) is 5.78. The third kappa shape index (κ3) is 5.38. The number of ether oxygens (including phenoxy) is 1. The lowest BCUT2D eigenvalue weighted by Crippen LogP contribution is -2.39. The number of nitrogens with zero attached hydrogens (tertiary/aromatic N) is 3. The summed E-state index contributed by atoms with van der Waals surface area (Å²) in [5, 5.41) is 0.352.